The molecule has 3 heteroatoms. The normalized spacial score (nSPS) is 10.5. The fourth-order valence-corrected chi connectivity index (χ4v) is 0.792. The minimum Gasteiger partial charge on any atom is -0.497 e. The minimum absolute atomic E-state index is 0.501. The zero-order valence-corrected chi connectivity index (χ0v) is 9.62. The van der Waals surface area contributed by atoms with Crippen molar-refractivity contribution in [3.8, 4) is 0 Å². The van der Waals surface area contributed by atoms with E-state index < -0.39 is 0 Å². The van der Waals surface area contributed by atoms with Gasteiger partial charge in [0.15, 0.2) is 0 Å². The van der Waals surface area contributed by atoms with Gasteiger partial charge in [0.1, 0.15) is 5.76 Å². The highest BCUT2D eigenvalue weighted by atomic mass is 16.5. The maximum absolute atomic E-state index is 5.32. The molecule has 0 aromatic rings. The first-order valence-corrected chi connectivity index (χ1v) is 4.95. The molecule has 0 rings (SSSR count). The van der Waals surface area contributed by atoms with Crippen LogP contribution in [0.4, 0.5) is 0 Å². The zero-order valence-electron chi connectivity index (χ0n) is 9.62. The second-order valence-electron chi connectivity index (χ2n) is 2.91. The smallest absolute Gasteiger partial charge is 0.111 e. The lowest BCUT2D eigenvalue weighted by Crippen LogP contribution is -2.05. The standard InChI is InChI=1S/C12H20O3/c1-5-14-8-9-15-10-11(2)6-7-12(3)13-4/h6-7H,2-3,5,8-10H2,1,4H3/b7-6-. The summed E-state index contributed by atoms with van der Waals surface area (Å²) in [6.07, 6.45) is 3.58. The summed E-state index contributed by atoms with van der Waals surface area (Å²) < 4.78 is 15.3. The van der Waals surface area contributed by atoms with Crippen molar-refractivity contribution in [2.45, 2.75) is 6.92 Å². The summed E-state index contributed by atoms with van der Waals surface area (Å²) in [5, 5.41) is 0. The van der Waals surface area contributed by atoms with Gasteiger partial charge in [-0.25, -0.2) is 0 Å². The van der Waals surface area contributed by atoms with Crippen LogP contribution in [0.5, 0.6) is 0 Å². The molecule has 0 aromatic heterocycles. The predicted octanol–water partition coefficient (Wildman–Crippen LogP) is 2.31. The highest BCUT2D eigenvalue weighted by molar-refractivity contribution is 5.21. The molecule has 0 N–H and O–H groups in total. The molecule has 0 aliphatic rings. The quantitative estimate of drug-likeness (QED) is 0.333. The molecule has 0 aromatic carbocycles. The maximum Gasteiger partial charge on any atom is 0.111 e. The lowest BCUT2D eigenvalue weighted by molar-refractivity contribution is 0.0628. The predicted molar refractivity (Wildman–Crippen MR) is 61.7 cm³/mol. The molecule has 0 saturated carbocycles. The fourth-order valence-electron chi connectivity index (χ4n) is 0.792. The summed E-state index contributed by atoms with van der Waals surface area (Å²) in [6, 6.07) is 0. The number of ether oxygens (including phenoxy) is 3. The Hall–Kier alpha value is -1.06. The topological polar surface area (TPSA) is 27.7 Å². The van der Waals surface area contributed by atoms with E-state index in [1.165, 1.54) is 0 Å². The van der Waals surface area contributed by atoms with Crippen LogP contribution in [0.1, 0.15) is 6.92 Å². The average Bonchev–Trinajstić information content (AvgIpc) is 2.25. The molecular formula is C12H20O3. The maximum atomic E-state index is 5.32. The Labute approximate surface area is 92.0 Å². The van der Waals surface area contributed by atoms with Crippen molar-refractivity contribution in [1.29, 1.82) is 0 Å². The van der Waals surface area contributed by atoms with Gasteiger partial charge in [-0.15, -0.1) is 0 Å². The fraction of sp³-hybridized carbons (Fsp3) is 0.500. The third-order valence-electron chi connectivity index (χ3n) is 1.63. The molecule has 0 heterocycles. The van der Waals surface area contributed by atoms with Crippen molar-refractivity contribution in [2.24, 2.45) is 0 Å². The minimum atomic E-state index is 0.501. The van der Waals surface area contributed by atoms with Crippen LogP contribution < -0.4 is 0 Å². The molecule has 0 fully saturated rings. The van der Waals surface area contributed by atoms with Gasteiger partial charge >= 0.3 is 0 Å². The summed E-state index contributed by atoms with van der Waals surface area (Å²) in [5.74, 6) is 0.602. The summed E-state index contributed by atoms with van der Waals surface area (Å²) in [7, 11) is 1.58. The number of allylic oxidation sites excluding steroid dienone is 1. The third-order valence-corrected chi connectivity index (χ3v) is 1.63. The summed E-state index contributed by atoms with van der Waals surface area (Å²) in [5.41, 5.74) is 0.879. The number of methoxy groups -OCH3 is 1. The van der Waals surface area contributed by atoms with E-state index in [9.17, 15) is 0 Å². The Kier molecular flexibility index (Phi) is 8.82. The molecule has 0 spiro atoms. The molecule has 0 unspecified atom stereocenters. The molecule has 0 atom stereocenters. The van der Waals surface area contributed by atoms with Gasteiger partial charge < -0.3 is 14.2 Å². The van der Waals surface area contributed by atoms with E-state index in [1.54, 1.807) is 13.2 Å². The van der Waals surface area contributed by atoms with Gasteiger partial charge in [-0.3, -0.25) is 0 Å². The van der Waals surface area contributed by atoms with E-state index in [0.717, 1.165) is 12.2 Å². The van der Waals surface area contributed by atoms with Gasteiger partial charge in [0, 0.05) is 6.61 Å². The van der Waals surface area contributed by atoms with Crippen LogP contribution in [-0.4, -0.2) is 33.5 Å². The third kappa shape index (κ3) is 9.25. The summed E-state index contributed by atoms with van der Waals surface area (Å²) in [4.78, 5) is 0. The van der Waals surface area contributed by atoms with E-state index in [2.05, 4.69) is 13.2 Å². The van der Waals surface area contributed by atoms with Crippen molar-refractivity contribution in [2.75, 3.05) is 33.5 Å². The molecule has 0 aliphatic heterocycles. The van der Waals surface area contributed by atoms with Crippen LogP contribution in [0, 0.1) is 0 Å². The Morgan fingerprint density at radius 3 is 2.40 bits per heavy atom. The van der Waals surface area contributed by atoms with Gasteiger partial charge in [0.2, 0.25) is 0 Å². The van der Waals surface area contributed by atoms with Gasteiger partial charge in [0.05, 0.1) is 26.9 Å². The molecule has 0 amide bonds. The molecule has 0 aliphatic carbocycles. The molecule has 86 valence electrons. The van der Waals surface area contributed by atoms with Crippen molar-refractivity contribution < 1.29 is 14.2 Å². The number of hydrogen-bond acceptors (Lipinski definition) is 3. The van der Waals surface area contributed by atoms with E-state index in [0.29, 0.717) is 25.6 Å². The Balaban J connectivity index is 3.49. The average molecular weight is 212 g/mol. The largest absolute Gasteiger partial charge is 0.497 e. The van der Waals surface area contributed by atoms with Crippen LogP contribution in [0.3, 0.4) is 0 Å². The first-order chi connectivity index (χ1) is 7.20. The molecule has 0 saturated heterocycles. The van der Waals surface area contributed by atoms with Crippen LogP contribution in [0.15, 0.2) is 36.6 Å². The second-order valence-corrected chi connectivity index (χ2v) is 2.91. The van der Waals surface area contributed by atoms with E-state index in [1.807, 2.05) is 13.0 Å². The second kappa shape index (κ2) is 9.49. The van der Waals surface area contributed by atoms with Gasteiger partial charge in [-0.2, -0.15) is 0 Å². The zero-order chi connectivity index (χ0) is 11.5. The van der Waals surface area contributed by atoms with Gasteiger partial charge in [0.25, 0.3) is 0 Å². The van der Waals surface area contributed by atoms with E-state index in [-0.39, 0.29) is 0 Å². The molecule has 3 nitrogen and oxygen atoms in total. The summed E-state index contributed by atoms with van der Waals surface area (Å²) in [6.45, 7) is 11.9. The van der Waals surface area contributed by atoms with E-state index >= 15 is 0 Å². The Morgan fingerprint density at radius 2 is 1.80 bits per heavy atom. The molecular weight excluding hydrogens is 192 g/mol. The van der Waals surface area contributed by atoms with Gasteiger partial charge in [-0.1, -0.05) is 19.2 Å². The van der Waals surface area contributed by atoms with Crippen molar-refractivity contribution in [3.05, 3.63) is 36.6 Å². The van der Waals surface area contributed by atoms with Crippen LogP contribution in [-0.2, 0) is 14.2 Å². The monoisotopic (exact) mass is 212 g/mol. The van der Waals surface area contributed by atoms with Crippen LogP contribution in [0.25, 0.3) is 0 Å². The molecule has 0 radical (unpaired) electrons. The molecule has 15 heavy (non-hydrogen) atoms. The van der Waals surface area contributed by atoms with Crippen molar-refractivity contribution in [1.82, 2.24) is 0 Å². The Bertz CT molecular complexity index is 219. The van der Waals surface area contributed by atoms with Crippen LogP contribution in [0.2, 0.25) is 0 Å². The lowest BCUT2D eigenvalue weighted by atomic mass is 10.3. The first kappa shape index (κ1) is 13.9. The van der Waals surface area contributed by atoms with E-state index in [4.69, 9.17) is 14.2 Å². The van der Waals surface area contributed by atoms with Crippen molar-refractivity contribution >= 4 is 0 Å². The number of hydrogen-bond donors (Lipinski definition) is 0. The summed E-state index contributed by atoms with van der Waals surface area (Å²) >= 11 is 0. The van der Waals surface area contributed by atoms with Gasteiger partial charge in [-0.05, 0) is 18.6 Å². The Morgan fingerprint density at radius 1 is 1.13 bits per heavy atom. The highest BCUT2D eigenvalue weighted by Gasteiger charge is 1.91. The SMILES string of the molecule is C=C(/C=C\C(=C)OC)COCCOCC. The van der Waals surface area contributed by atoms with Crippen molar-refractivity contribution in [3.63, 3.8) is 0 Å². The lowest BCUT2D eigenvalue weighted by Gasteiger charge is -2.04. The van der Waals surface area contributed by atoms with Crippen LogP contribution >= 0.6 is 0 Å². The first-order valence-electron chi connectivity index (χ1n) is 4.95. The molecule has 0 bridgehead atoms. The number of rotatable bonds is 9. The highest BCUT2D eigenvalue weighted by Crippen LogP contribution is 1.99.